The molecule has 1 aromatic heterocycles. The van der Waals surface area contributed by atoms with Crippen molar-refractivity contribution in [2.24, 2.45) is 0 Å². The van der Waals surface area contributed by atoms with Crippen molar-refractivity contribution in [3.63, 3.8) is 0 Å². The van der Waals surface area contributed by atoms with E-state index < -0.39 is 5.97 Å². The number of ether oxygens (including phenoxy) is 1. The average Bonchev–Trinajstić information content (AvgIpc) is 2.68. The molecule has 0 radical (unpaired) electrons. The Bertz CT molecular complexity index is 849. The number of carbonyl (C=O) groups is 1. The van der Waals surface area contributed by atoms with E-state index in [1.807, 2.05) is 36.4 Å². The Labute approximate surface area is 152 Å². The molecule has 0 atom stereocenters. The van der Waals surface area contributed by atoms with Gasteiger partial charge in [0.15, 0.2) is 6.61 Å². The van der Waals surface area contributed by atoms with Crippen LogP contribution >= 0.6 is 0 Å². The number of aromatic nitrogens is 1. The summed E-state index contributed by atoms with van der Waals surface area (Å²) in [5, 5.41) is 12.0. The van der Waals surface area contributed by atoms with E-state index in [-0.39, 0.29) is 6.61 Å². The van der Waals surface area contributed by atoms with Gasteiger partial charge in [0, 0.05) is 24.8 Å². The molecule has 0 bridgehead atoms. The Balaban J connectivity index is 1.52. The summed E-state index contributed by atoms with van der Waals surface area (Å²) in [5.41, 5.74) is 4.28. The van der Waals surface area contributed by atoms with Gasteiger partial charge in [-0.2, -0.15) is 0 Å². The molecule has 3 aromatic rings. The molecular formula is C21H20N2O3. The third-order valence-corrected chi connectivity index (χ3v) is 3.83. The summed E-state index contributed by atoms with van der Waals surface area (Å²) in [4.78, 5) is 14.9. The second-order valence-electron chi connectivity index (χ2n) is 5.85. The minimum Gasteiger partial charge on any atom is -0.482 e. The zero-order valence-corrected chi connectivity index (χ0v) is 14.3. The summed E-state index contributed by atoms with van der Waals surface area (Å²) >= 11 is 0. The minimum absolute atomic E-state index is 0.334. The predicted molar refractivity (Wildman–Crippen MR) is 99.8 cm³/mol. The van der Waals surface area contributed by atoms with E-state index in [2.05, 4.69) is 34.6 Å². The Morgan fingerprint density at radius 3 is 2.50 bits per heavy atom. The number of carboxylic acid groups (broad SMARTS) is 1. The van der Waals surface area contributed by atoms with Crippen LogP contribution in [0.4, 0.5) is 0 Å². The first kappa shape index (κ1) is 17.6. The summed E-state index contributed by atoms with van der Waals surface area (Å²) in [5.74, 6) is -0.422. The van der Waals surface area contributed by atoms with Crippen molar-refractivity contribution in [2.75, 3.05) is 6.61 Å². The monoisotopic (exact) mass is 348 g/mol. The molecule has 26 heavy (non-hydrogen) atoms. The molecule has 0 saturated heterocycles. The van der Waals surface area contributed by atoms with Gasteiger partial charge in [0.1, 0.15) is 5.75 Å². The van der Waals surface area contributed by atoms with Crippen molar-refractivity contribution >= 4 is 5.97 Å². The van der Waals surface area contributed by atoms with Crippen LogP contribution in [0.1, 0.15) is 11.1 Å². The maximum atomic E-state index is 10.6. The highest BCUT2D eigenvalue weighted by atomic mass is 16.5. The predicted octanol–water partition coefficient (Wildman–Crippen LogP) is 3.50. The second-order valence-corrected chi connectivity index (χ2v) is 5.85. The molecule has 1 heterocycles. The van der Waals surface area contributed by atoms with Crippen molar-refractivity contribution < 1.29 is 14.6 Å². The molecular weight excluding hydrogens is 328 g/mol. The highest BCUT2D eigenvalue weighted by Gasteiger charge is 2.02. The maximum Gasteiger partial charge on any atom is 0.341 e. The first-order valence-electron chi connectivity index (χ1n) is 8.35. The van der Waals surface area contributed by atoms with E-state index in [1.165, 1.54) is 5.56 Å². The van der Waals surface area contributed by atoms with Gasteiger partial charge < -0.3 is 15.2 Å². The number of rotatable bonds is 8. The normalized spacial score (nSPS) is 10.5. The lowest BCUT2D eigenvalue weighted by molar-refractivity contribution is -0.139. The van der Waals surface area contributed by atoms with Crippen molar-refractivity contribution in [2.45, 2.75) is 13.1 Å². The highest BCUT2D eigenvalue weighted by Crippen LogP contribution is 2.17. The Kier molecular flexibility index (Phi) is 5.96. The average molecular weight is 348 g/mol. The number of nitrogens with zero attached hydrogens (tertiary/aromatic N) is 1. The fourth-order valence-corrected chi connectivity index (χ4v) is 2.57. The fourth-order valence-electron chi connectivity index (χ4n) is 2.57. The fraction of sp³-hybridized carbons (Fsp3) is 0.143. The zero-order valence-electron chi connectivity index (χ0n) is 14.3. The van der Waals surface area contributed by atoms with E-state index in [0.29, 0.717) is 12.3 Å². The number of hydrogen-bond acceptors (Lipinski definition) is 4. The largest absolute Gasteiger partial charge is 0.482 e. The SMILES string of the molecule is O=C(O)COc1cccc(CNCc2ccc(-c3ccccn3)cc2)c1. The molecule has 0 aliphatic heterocycles. The van der Waals surface area contributed by atoms with Gasteiger partial charge in [0.05, 0.1) is 5.69 Å². The van der Waals surface area contributed by atoms with Crippen molar-refractivity contribution in [3.05, 3.63) is 84.1 Å². The smallest absolute Gasteiger partial charge is 0.341 e. The van der Waals surface area contributed by atoms with E-state index >= 15 is 0 Å². The Hall–Kier alpha value is -3.18. The molecule has 0 aliphatic carbocycles. The summed E-state index contributed by atoms with van der Waals surface area (Å²) < 4.78 is 5.19. The summed E-state index contributed by atoms with van der Waals surface area (Å²) in [6, 6.07) is 21.6. The summed E-state index contributed by atoms with van der Waals surface area (Å²) in [7, 11) is 0. The van der Waals surface area contributed by atoms with Crippen LogP contribution in [0.15, 0.2) is 72.9 Å². The molecule has 0 unspecified atom stereocenters. The molecule has 3 rings (SSSR count). The molecule has 5 nitrogen and oxygen atoms in total. The van der Waals surface area contributed by atoms with Gasteiger partial charge in [-0.25, -0.2) is 4.79 Å². The number of aliphatic carboxylic acids is 1. The lowest BCUT2D eigenvalue weighted by Crippen LogP contribution is -2.13. The molecule has 0 spiro atoms. The maximum absolute atomic E-state index is 10.6. The Morgan fingerprint density at radius 1 is 0.962 bits per heavy atom. The molecule has 2 N–H and O–H groups in total. The van der Waals surface area contributed by atoms with Crippen molar-refractivity contribution in [3.8, 4) is 17.0 Å². The van der Waals surface area contributed by atoms with E-state index in [1.54, 1.807) is 12.3 Å². The standard InChI is InChI=1S/C21H20N2O3/c24-21(25)15-26-19-5-3-4-17(12-19)14-22-13-16-7-9-18(10-8-16)20-6-1-2-11-23-20/h1-12,22H,13-15H2,(H,24,25). The number of carboxylic acids is 1. The number of hydrogen-bond donors (Lipinski definition) is 2. The van der Waals surface area contributed by atoms with Crippen molar-refractivity contribution in [1.82, 2.24) is 10.3 Å². The summed E-state index contributed by atoms with van der Waals surface area (Å²) in [6.45, 7) is 1.08. The van der Waals surface area contributed by atoms with Crippen LogP contribution in [0.5, 0.6) is 5.75 Å². The second kappa shape index (κ2) is 8.78. The van der Waals surface area contributed by atoms with Crippen LogP contribution in [0, 0.1) is 0 Å². The molecule has 2 aromatic carbocycles. The van der Waals surface area contributed by atoms with Gasteiger partial charge in [-0.3, -0.25) is 4.98 Å². The quantitative estimate of drug-likeness (QED) is 0.652. The molecule has 5 heteroatoms. The van der Waals surface area contributed by atoms with Crippen LogP contribution < -0.4 is 10.1 Å². The van der Waals surface area contributed by atoms with Crippen LogP contribution in [-0.2, 0) is 17.9 Å². The minimum atomic E-state index is -0.984. The molecule has 0 saturated carbocycles. The van der Waals surface area contributed by atoms with Gasteiger partial charge in [0.25, 0.3) is 0 Å². The van der Waals surface area contributed by atoms with Gasteiger partial charge >= 0.3 is 5.97 Å². The lowest BCUT2D eigenvalue weighted by atomic mass is 10.1. The van der Waals surface area contributed by atoms with Crippen LogP contribution in [-0.4, -0.2) is 22.7 Å². The Morgan fingerprint density at radius 2 is 1.77 bits per heavy atom. The van der Waals surface area contributed by atoms with Crippen molar-refractivity contribution in [1.29, 1.82) is 0 Å². The molecule has 132 valence electrons. The third kappa shape index (κ3) is 5.16. The number of pyridine rings is 1. The van der Waals surface area contributed by atoms with Gasteiger partial charge in [-0.1, -0.05) is 42.5 Å². The first-order chi connectivity index (χ1) is 12.7. The first-order valence-corrected chi connectivity index (χ1v) is 8.35. The van der Waals surface area contributed by atoms with Crippen LogP contribution in [0.25, 0.3) is 11.3 Å². The van der Waals surface area contributed by atoms with E-state index in [0.717, 1.165) is 23.4 Å². The lowest BCUT2D eigenvalue weighted by Gasteiger charge is -2.08. The molecule has 0 amide bonds. The van der Waals surface area contributed by atoms with Gasteiger partial charge in [0.2, 0.25) is 0 Å². The van der Waals surface area contributed by atoms with E-state index in [4.69, 9.17) is 9.84 Å². The highest BCUT2D eigenvalue weighted by molar-refractivity contribution is 5.68. The molecule has 0 fully saturated rings. The van der Waals surface area contributed by atoms with E-state index in [9.17, 15) is 4.79 Å². The number of benzene rings is 2. The number of nitrogens with one attached hydrogen (secondary N) is 1. The topological polar surface area (TPSA) is 71.5 Å². The van der Waals surface area contributed by atoms with Crippen LogP contribution in [0.2, 0.25) is 0 Å². The third-order valence-electron chi connectivity index (χ3n) is 3.83. The van der Waals surface area contributed by atoms with Crippen LogP contribution in [0.3, 0.4) is 0 Å². The molecule has 0 aliphatic rings. The van der Waals surface area contributed by atoms with Gasteiger partial charge in [-0.15, -0.1) is 0 Å². The van der Waals surface area contributed by atoms with Gasteiger partial charge in [-0.05, 0) is 35.4 Å². The summed E-state index contributed by atoms with van der Waals surface area (Å²) in [6.07, 6.45) is 1.79. The zero-order chi connectivity index (χ0) is 18.2.